The normalized spacial score (nSPS) is 13.7. The first-order valence-corrected chi connectivity index (χ1v) is 13.0. The second-order valence-corrected chi connectivity index (χ2v) is 9.82. The van der Waals surface area contributed by atoms with Gasteiger partial charge in [-0.3, -0.25) is 14.7 Å². The number of amides is 2. The van der Waals surface area contributed by atoms with Crippen LogP contribution in [-0.4, -0.2) is 45.1 Å². The number of fused-ring (bicyclic) bond motifs is 2. The monoisotopic (exact) mass is 520 g/mol. The number of para-hydroxylation sites is 1. The van der Waals surface area contributed by atoms with Crippen LogP contribution in [0.3, 0.4) is 0 Å². The molecule has 0 spiro atoms. The van der Waals surface area contributed by atoms with Crippen LogP contribution in [0.4, 0.5) is 0 Å². The molecule has 6 rings (SSSR count). The number of phenols is 1. The number of carbonyl (C=O) groups excluding carboxylic acids is 2. The highest BCUT2D eigenvalue weighted by Crippen LogP contribution is 2.29. The molecule has 0 aliphatic carbocycles. The van der Waals surface area contributed by atoms with Crippen LogP contribution in [0.5, 0.6) is 5.75 Å². The highest BCUT2D eigenvalue weighted by molar-refractivity contribution is 5.96. The zero-order valence-corrected chi connectivity index (χ0v) is 21.3. The van der Waals surface area contributed by atoms with Crippen molar-refractivity contribution < 1.29 is 19.1 Å². The van der Waals surface area contributed by atoms with Crippen molar-refractivity contribution in [3.63, 3.8) is 0 Å². The maximum absolute atomic E-state index is 12.9. The smallest absolute Gasteiger partial charge is 0.289 e. The molecule has 196 valence electrons. The molecule has 5 aromatic rings. The lowest BCUT2D eigenvalue weighted by molar-refractivity contribution is 0.0701. The highest BCUT2D eigenvalue weighted by Gasteiger charge is 2.28. The Hall–Kier alpha value is -4.85. The molecule has 1 unspecified atom stereocenters. The Bertz CT molecular complexity index is 1640. The summed E-state index contributed by atoms with van der Waals surface area (Å²) in [6.45, 7) is 1.37. The minimum absolute atomic E-state index is 0.0544. The number of nitrogens with zero attached hydrogens (tertiary/aromatic N) is 2. The van der Waals surface area contributed by atoms with Crippen LogP contribution in [0.2, 0.25) is 0 Å². The van der Waals surface area contributed by atoms with E-state index in [1.165, 1.54) is 12.3 Å². The molecule has 2 amide bonds. The number of aromatic amines is 1. The van der Waals surface area contributed by atoms with Gasteiger partial charge in [0.15, 0.2) is 5.76 Å². The molecule has 3 aromatic carbocycles. The van der Waals surface area contributed by atoms with E-state index in [1.54, 1.807) is 35.2 Å². The zero-order valence-electron chi connectivity index (χ0n) is 21.3. The molecule has 2 aromatic heterocycles. The van der Waals surface area contributed by atoms with Crippen LogP contribution in [0.1, 0.15) is 49.3 Å². The van der Waals surface area contributed by atoms with E-state index in [9.17, 15) is 14.7 Å². The Morgan fingerprint density at radius 1 is 1.03 bits per heavy atom. The van der Waals surface area contributed by atoms with Gasteiger partial charge in [-0.05, 0) is 47.0 Å². The number of benzene rings is 3. The molecule has 39 heavy (non-hydrogen) atoms. The average molecular weight is 521 g/mol. The summed E-state index contributed by atoms with van der Waals surface area (Å²) >= 11 is 0. The Kier molecular flexibility index (Phi) is 6.59. The maximum Gasteiger partial charge on any atom is 0.289 e. The molecule has 3 heterocycles. The number of rotatable bonds is 7. The molecule has 3 N–H and O–H groups in total. The van der Waals surface area contributed by atoms with E-state index in [-0.39, 0.29) is 29.0 Å². The minimum Gasteiger partial charge on any atom is -0.507 e. The van der Waals surface area contributed by atoms with Crippen molar-refractivity contribution in [2.24, 2.45) is 0 Å². The number of aromatic nitrogens is 2. The molecule has 8 heteroatoms. The van der Waals surface area contributed by atoms with Crippen molar-refractivity contribution in [2.75, 3.05) is 13.1 Å². The SMILES string of the molecule is O=C(NCC(Cc1[nH]nc2c1CN(C(=O)c1ccco1)CC2)c1ccc2ccccc2c1)c1ccccc1O. The number of H-pyrrole nitrogens is 1. The summed E-state index contributed by atoms with van der Waals surface area (Å²) in [4.78, 5) is 27.7. The Labute approximate surface area is 225 Å². The van der Waals surface area contributed by atoms with Gasteiger partial charge in [0.05, 0.1) is 17.5 Å². The molecule has 0 radical (unpaired) electrons. The molecular formula is C31H28N4O4. The first-order chi connectivity index (χ1) is 19.1. The van der Waals surface area contributed by atoms with Gasteiger partial charge in [-0.1, -0.05) is 54.6 Å². The number of hydrogen-bond donors (Lipinski definition) is 3. The molecule has 8 nitrogen and oxygen atoms in total. The molecule has 0 saturated carbocycles. The van der Waals surface area contributed by atoms with E-state index in [4.69, 9.17) is 4.42 Å². The van der Waals surface area contributed by atoms with E-state index < -0.39 is 0 Å². The largest absolute Gasteiger partial charge is 0.507 e. The van der Waals surface area contributed by atoms with Crippen molar-refractivity contribution in [1.82, 2.24) is 20.4 Å². The van der Waals surface area contributed by atoms with Crippen molar-refractivity contribution in [2.45, 2.75) is 25.3 Å². The summed E-state index contributed by atoms with van der Waals surface area (Å²) in [6.07, 6.45) is 2.75. The van der Waals surface area contributed by atoms with Gasteiger partial charge in [0.25, 0.3) is 11.8 Å². The van der Waals surface area contributed by atoms with Crippen LogP contribution < -0.4 is 5.32 Å². The molecule has 1 aliphatic rings. The highest BCUT2D eigenvalue weighted by atomic mass is 16.3. The van der Waals surface area contributed by atoms with Gasteiger partial charge in [-0.2, -0.15) is 5.10 Å². The fourth-order valence-corrected chi connectivity index (χ4v) is 5.24. The second-order valence-electron chi connectivity index (χ2n) is 9.82. The Morgan fingerprint density at radius 3 is 2.67 bits per heavy atom. The van der Waals surface area contributed by atoms with Crippen LogP contribution >= 0.6 is 0 Å². The van der Waals surface area contributed by atoms with Crippen LogP contribution in [-0.2, 0) is 19.4 Å². The third kappa shape index (κ3) is 5.01. The van der Waals surface area contributed by atoms with Crippen molar-refractivity contribution in [3.8, 4) is 5.75 Å². The van der Waals surface area contributed by atoms with E-state index in [1.807, 2.05) is 12.1 Å². The molecule has 0 saturated heterocycles. The Balaban J connectivity index is 1.27. The fourth-order valence-electron chi connectivity index (χ4n) is 5.24. The van der Waals surface area contributed by atoms with Gasteiger partial charge in [0.1, 0.15) is 5.75 Å². The van der Waals surface area contributed by atoms with Gasteiger partial charge >= 0.3 is 0 Å². The topological polar surface area (TPSA) is 111 Å². The van der Waals surface area contributed by atoms with Crippen LogP contribution in [0.25, 0.3) is 10.8 Å². The number of phenolic OH excluding ortho intramolecular Hbond substituents is 1. The van der Waals surface area contributed by atoms with E-state index in [0.717, 1.165) is 33.3 Å². The standard InChI is InChI=1S/C31H28N4O4/c36-28-9-4-3-8-24(28)30(37)32-18-23(22-12-11-20-6-1-2-7-21(20)16-22)17-27-25-19-35(14-13-26(25)33-34-27)31(38)29-10-5-15-39-29/h1-12,15-16,23,36H,13-14,17-19H2,(H,32,37)(H,33,34). The summed E-state index contributed by atoms with van der Waals surface area (Å²) in [7, 11) is 0. The molecule has 1 atom stereocenters. The van der Waals surface area contributed by atoms with E-state index in [2.05, 4.69) is 45.8 Å². The van der Waals surface area contributed by atoms with Crippen LogP contribution in [0, 0.1) is 0 Å². The van der Waals surface area contributed by atoms with Crippen molar-refractivity contribution >= 4 is 22.6 Å². The molecule has 1 aliphatic heterocycles. The minimum atomic E-state index is -0.333. The number of furan rings is 1. The zero-order chi connectivity index (χ0) is 26.8. The lowest BCUT2D eigenvalue weighted by atomic mass is 9.90. The number of carbonyl (C=O) groups is 2. The summed E-state index contributed by atoms with van der Waals surface area (Å²) < 4.78 is 5.33. The number of hydrogen-bond acceptors (Lipinski definition) is 5. The van der Waals surface area contributed by atoms with Gasteiger partial charge < -0.3 is 19.7 Å². The predicted octanol–water partition coefficient (Wildman–Crippen LogP) is 4.82. The predicted molar refractivity (Wildman–Crippen MR) is 147 cm³/mol. The molecule has 0 bridgehead atoms. The first kappa shape index (κ1) is 24.5. The van der Waals surface area contributed by atoms with Gasteiger partial charge in [0, 0.05) is 43.2 Å². The van der Waals surface area contributed by atoms with E-state index >= 15 is 0 Å². The maximum atomic E-state index is 12.9. The van der Waals surface area contributed by atoms with E-state index in [0.29, 0.717) is 38.2 Å². The summed E-state index contributed by atoms with van der Waals surface area (Å²) in [5.41, 5.74) is 4.23. The molecule has 0 fully saturated rings. The van der Waals surface area contributed by atoms with Crippen molar-refractivity contribution in [1.29, 1.82) is 0 Å². The van der Waals surface area contributed by atoms with Gasteiger partial charge in [-0.15, -0.1) is 0 Å². The average Bonchev–Trinajstić information content (AvgIpc) is 3.65. The lowest BCUT2D eigenvalue weighted by Gasteiger charge is -2.27. The third-order valence-electron chi connectivity index (χ3n) is 7.38. The molecular weight excluding hydrogens is 492 g/mol. The lowest BCUT2D eigenvalue weighted by Crippen LogP contribution is -2.36. The number of aromatic hydroxyl groups is 1. The third-order valence-corrected chi connectivity index (χ3v) is 7.38. The summed E-state index contributed by atoms with van der Waals surface area (Å²) in [6, 6.07) is 24.4. The van der Waals surface area contributed by atoms with Crippen LogP contribution in [0.15, 0.2) is 89.5 Å². The first-order valence-electron chi connectivity index (χ1n) is 13.0. The number of nitrogens with one attached hydrogen (secondary N) is 2. The second kappa shape index (κ2) is 10.5. The fraction of sp³-hybridized carbons (Fsp3) is 0.194. The van der Waals surface area contributed by atoms with Crippen molar-refractivity contribution in [3.05, 3.63) is 119 Å². The van der Waals surface area contributed by atoms with Gasteiger partial charge in [-0.25, -0.2) is 0 Å². The Morgan fingerprint density at radius 2 is 1.85 bits per heavy atom. The summed E-state index contributed by atoms with van der Waals surface area (Å²) in [5, 5.41) is 23.2. The summed E-state index contributed by atoms with van der Waals surface area (Å²) in [5.74, 6) is -0.282. The van der Waals surface area contributed by atoms with Gasteiger partial charge in [0.2, 0.25) is 0 Å². The quantitative estimate of drug-likeness (QED) is 0.285.